The fraction of sp³-hybridized carbons (Fsp3) is 0.409. The Morgan fingerprint density at radius 3 is 2.29 bits per heavy atom. The fourth-order valence-electron chi connectivity index (χ4n) is 3.65. The monoisotopic (exact) mass is 419 g/mol. The fourth-order valence-corrected chi connectivity index (χ4v) is 7.20. The normalized spacial score (nSPS) is 16.5. The van der Waals surface area contributed by atoms with Crippen molar-refractivity contribution in [3.05, 3.63) is 59.7 Å². The van der Waals surface area contributed by atoms with E-state index in [1.807, 2.05) is 12.1 Å². The van der Waals surface area contributed by atoms with Crippen molar-refractivity contribution in [1.82, 2.24) is 0 Å². The Labute approximate surface area is 172 Å². The van der Waals surface area contributed by atoms with Crippen LogP contribution in [-0.4, -0.2) is 26.6 Å². The molecule has 1 aliphatic rings. The summed E-state index contributed by atoms with van der Waals surface area (Å²) in [4.78, 5) is 12.3. The lowest BCUT2D eigenvalue weighted by Gasteiger charge is -2.30. The van der Waals surface area contributed by atoms with Crippen LogP contribution in [0.2, 0.25) is 12.1 Å². The molecule has 1 atom stereocenters. The molecule has 3 nitrogen and oxygen atoms in total. The van der Waals surface area contributed by atoms with Crippen molar-refractivity contribution < 1.29 is 18.7 Å². The standard InChI is InChI=1S/C22H25ClFO3Si/c1-2-21(23)28-13-11-17(12-14-28)16-3-9-20(10-4-16)27-22(25)18-5-7-19(8-6-18)26-15-24/h3-10,17,21H,2,11-15H2,1H3. The molecule has 6 heteroatoms. The van der Waals surface area contributed by atoms with E-state index in [4.69, 9.17) is 21.1 Å². The summed E-state index contributed by atoms with van der Waals surface area (Å²) in [5.41, 5.74) is 1.69. The van der Waals surface area contributed by atoms with Gasteiger partial charge in [-0.15, -0.1) is 11.6 Å². The van der Waals surface area contributed by atoms with Gasteiger partial charge in [-0.1, -0.05) is 31.1 Å². The molecule has 28 heavy (non-hydrogen) atoms. The minimum atomic E-state index is -0.898. The number of rotatable bonds is 7. The molecule has 0 aliphatic carbocycles. The maximum absolute atomic E-state index is 12.3. The number of ether oxygens (including phenoxy) is 2. The van der Waals surface area contributed by atoms with Crippen LogP contribution in [0.5, 0.6) is 11.5 Å². The zero-order chi connectivity index (χ0) is 19.9. The zero-order valence-electron chi connectivity index (χ0n) is 16.0. The summed E-state index contributed by atoms with van der Waals surface area (Å²) in [7, 11) is -0.411. The molecule has 2 aromatic rings. The van der Waals surface area contributed by atoms with Crippen molar-refractivity contribution in [2.75, 3.05) is 6.86 Å². The Morgan fingerprint density at radius 1 is 1.11 bits per heavy atom. The third-order valence-electron chi connectivity index (χ3n) is 5.30. The number of hydrogen-bond acceptors (Lipinski definition) is 3. The summed E-state index contributed by atoms with van der Waals surface area (Å²) >= 11 is 6.46. The molecular formula is C22H25ClFO3Si. The van der Waals surface area contributed by atoms with E-state index in [0.717, 1.165) is 6.42 Å². The van der Waals surface area contributed by atoms with Crippen molar-refractivity contribution >= 4 is 26.4 Å². The van der Waals surface area contributed by atoms with Crippen molar-refractivity contribution in [3.8, 4) is 11.5 Å². The van der Waals surface area contributed by atoms with E-state index in [1.54, 1.807) is 24.3 Å². The number of benzene rings is 2. The van der Waals surface area contributed by atoms with Gasteiger partial charge in [-0.2, -0.15) is 0 Å². The number of alkyl halides is 2. The maximum Gasteiger partial charge on any atom is 0.343 e. The molecule has 1 saturated heterocycles. The third-order valence-corrected chi connectivity index (χ3v) is 9.69. The molecule has 1 heterocycles. The van der Waals surface area contributed by atoms with Crippen molar-refractivity contribution in [2.45, 2.75) is 49.2 Å². The third kappa shape index (κ3) is 5.36. The number of hydrogen-bond donors (Lipinski definition) is 0. The Morgan fingerprint density at radius 2 is 1.71 bits per heavy atom. The van der Waals surface area contributed by atoms with Crippen LogP contribution in [0, 0.1) is 0 Å². The number of esters is 1. The van der Waals surface area contributed by atoms with Crippen LogP contribution in [0.25, 0.3) is 0 Å². The molecule has 0 bridgehead atoms. The lowest BCUT2D eigenvalue weighted by atomic mass is 9.93. The predicted octanol–water partition coefficient (Wildman–Crippen LogP) is 6.14. The van der Waals surface area contributed by atoms with Crippen molar-refractivity contribution in [1.29, 1.82) is 0 Å². The average Bonchev–Trinajstić information content (AvgIpc) is 2.74. The predicted molar refractivity (Wildman–Crippen MR) is 112 cm³/mol. The summed E-state index contributed by atoms with van der Waals surface area (Å²) in [6.07, 6.45) is 3.47. The topological polar surface area (TPSA) is 35.5 Å². The van der Waals surface area contributed by atoms with Gasteiger partial charge in [0.2, 0.25) is 6.86 Å². The first-order chi connectivity index (χ1) is 13.6. The first kappa shape index (κ1) is 20.9. The van der Waals surface area contributed by atoms with Gasteiger partial charge in [-0.25, -0.2) is 9.18 Å². The minimum Gasteiger partial charge on any atom is -0.463 e. The summed E-state index contributed by atoms with van der Waals surface area (Å²) in [6.45, 7) is 1.28. The van der Waals surface area contributed by atoms with Gasteiger partial charge >= 0.3 is 5.97 Å². The minimum absolute atomic E-state index is 0.375. The molecular weight excluding hydrogens is 395 g/mol. The lowest BCUT2D eigenvalue weighted by Crippen LogP contribution is -2.30. The first-order valence-corrected chi connectivity index (χ1v) is 12.1. The van der Waals surface area contributed by atoms with E-state index in [2.05, 4.69) is 19.1 Å². The summed E-state index contributed by atoms with van der Waals surface area (Å²) < 4.78 is 22.3. The van der Waals surface area contributed by atoms with Crippen molar-refractivity contribution in [3.63, 3.8) is 0 Å². The van der Waals surface area contributed by atoms with Crippen LogP contribution in [0.1, 0.15) is 48.0 Å². The van der Waals surface area contributed by atoms with Gasteiger partial charge < -0.3 is 9.47 Å². The summed E-state index contributed by atoms with van der Waals surface area (Å²) in [5.74, 6) is 1.02. The molecule has 0 N–H and O–H groups in total. The number of carbonyl (C=O) groups excluding carboxylic acids is 1. The summed E-state index contributed by atoms with van der Waals surface area (Å²) in [5, 5.41) is 0.394. The molecule has 1 fully saturated rings. The highest BCUT2D eigenvalue weighted by atomic mass is 35.5. The van der Waals surface area contributed by atoms with Gasteiger partial charge in [0.15, 0.2) is 0 Å². The van der Waals surface area contributed by atoms with E-state index in [0.29, 0.717) is 28.0 Å². The van der Waals surface area contributed by atoms with Crippen LogP contribution in [-0.2, 0) is 0 Å². The van der Waals surface area contributed by atoms with Crippen LogP contribution in [0.4, 0.5) is 4.39 Å². The van der Waals surface area contributed by atoms with Gasteiger partial charge in [0.25, 0.3) is 0 Å². The molecule has 0 aromatic heterocycles. The van der Waals surface area contributed by atoms with Crippen LogP contribution < -0.4 is 9.47 Å². The lowest BCUT2D eigenvalue weighted by molar-refractivity contribution is 0.0734. The molecule has 3 rings (SSSR count). The largest absolute Gasteiger partial charge is 0.463 e. The summed E-state index contributed by atoms with van der Waals surface area (Å²) in [6, 6.07) is 16.6. The average molecular weight is 420 g/mol. The smallest absolute Gasteiger partial charge is 0.343 e. The molecule has 1 unspecified atom stereocenters. The van der Waals surface area contributed by atoms with E-state index >= 15 is 0 Å². The van der Waals surface area contributed by atoms with Gasteiger partial charge in [-0.3, -0.25) is 0 Å². The first-order valence-electron chi connectivity index (χ1n) is 9.70. The van der Waals surface area contributed by atoms with Crippen LogP contribution in [0.15, 0.2) is 48.5 Å². The van der Waals surface area contributed by atoms with Crippen LogP contribution in [0.3, 0.4) is 0 Å². The molecule has 0 spiro atoms. The van der Waals surface area contributed by atoms with Gasteiger partial charge in [0.05, 0.1) is 14.4 Å². The molecule has 149 valence electrons. The second-order valence-corrected chi connectivity index (χ2v) is 11.0. The Hall–Kier alpha value is -1.85. The van der Waals surface area contributed by atoms with E-state index in [-0.39, 0.29) is 0 Å². The van der Waals surface area contributed by atoms with Crippen molar-refractivity contribution in [2.24, 2.45) is 0 Å². The second-order valence-electron chi connectivity index (χ2n) is 7.04. The maximum atomic E-state index is 12.3. The SMILES string of the molecule is CCC(Cl)[Si]1CCC(c2ccc(OC(=O)c3ccc(OCF)cc3)cc2)CC1. The highest BCUT2D eigenvalue weighted by Crippen LogP contribution is 2.36. The van der Waals surface area contributed by atoms with Gasteiger partial charge in [0.1, 0.15) is 11.5 Å². The van der Waals surface area contributed by atoms with Gasteiger partial charge in [-0.05, 0) is 67.1 Å². The second kappa shape index (κ2) is 10.1. The molecule has 2 aromatic carbocycles. The molecule has 0 saturated carbocycles. The molecule has 1 aliphatic heterocycles. The number of halogens is 2. The van der Waals surface area contributed by atoms with E-state index in [1.165, 1.54) is 30.5 Å². The molecule has 0 amide bonds. The highest BCUT2D eigenvalue weighted by molar-refractivity contribution is 6.69. The Kier molecular flexibility index (Phi) is 7.51. The quantitative estimate of drug-likeness (QED) is 0.234. The highest BCUT2D eigenvalue weighted by Gasteiger charge is 2.27. The van der Waals surface area contributed by atoms with E-state index < -0.39 is 21.6 Å². The Balaban J connectivity index is 1.55. The molecule has 1 radical (unpaired) electrons. The van der Waals surface area contributed by atoms with Gasteiger partial charge in [0, 0.05) is 5.00 Å². The Bertz CT molecular complexity index is 758. The number of carbonyl (C=O) groups is 1. The zero-order valence-corrected chi connectivity index (χ0v) is 17.8. The van der Waals surface area contributed by atoms with Crippen LogP contribution >= 0.6 is 11.6 Å². The van der Waals surface area contributed by atoms with E-state index in [9.17, 15) is 9.18 Å².